The lowest BCUT2D eigenvalue weighted by molar-refractivity contribution is -0.139. The Morgan fingerprint density at radius 2 is 2.00 bits per heavy atom. The molecule has 90 valence electrons. The summed E-state index contributed by atoms with van der Waals surface area (Å²) in [4.78, 5) is 24.1. The van der Waals surface area contributed by atoms with Crippen molar-refractivity contribution in [3.8, 4) is 0 Å². The molecule has 0 radical (unpaired) electrons. The van der Waals surface area contributed by atoms with Crippen molar-refractivity contribution < 1.29 is 14.7 Å². The summed E-state index contributed by atoms with van der Waals surface area (Å²) in [5.41, 5.74) is 0.475. The number of amides is 1. The first kappa shape index (κ1) is 11.9. The Morgan fingerprint density at radius 1 is 1.35 bits per heavy atom. The zero-order chi connectivity index (χ0) is 12.4. The molecule has 0 aliphatic carbocycles. The predicted octanol–water partition coefficient (Wildman–Crippen LogP) is 1.89. The molecule has 5 heteroatoms. The normalized spacial score (nSPS) is 15.5. The number of hydrogen-bond acceptors (Lipinski definition) is 2. The molecule has 1 aromatic rings. The van der Waals surface area contributed by atoms with Crippen molar-refractivity contribution in [2.24, 2.45) is 5.92 Å². The highest BCUT2D eigenvalue weighted by molar-refractivity contribution is 6.33. The Bertz CT molecular complexity index is 455. The number of rotatable bonds is 3. The van der Waals surface area contributed by atoms with Gasteiger partial charge in [0.25, 0.3) is 5.91 Å². The maximum atomic E-state index is 12.0. The van der Waals surface area contributed by atoms with Gasteiger partial charge in [0.15, 0.2) is 0 Å². The van der Waals surface area contributed by atoms with Crippen molar-refractivity contribution in [3.63, 3.8) is 0 Å². The number of carbonyl (C=O) groups excluding carboxylic acids is 1. The van der Waals surface area contributed by atoms with Crippen molar-refractivity contribution in [3.05, 3.63) is 34.9 Å². The molecule has 1 aliphatic heterocycles. The van der Waals surface area contributed by atoms with Crippen LogP contribution in [0.2, 0.25) is 5.02 Å². The van der Waals surface area contributed by atoms with Crippen LogP contribution in [-0.4, -0.2) is 35.0 Å². The van der Waals surface area contributed by atoms with E-state index in [-0.39, 0.29) is 18.2 Å². The molecule has 1 N–H and O–H groups in total. The molecule has 4 nitrogen and oxygen atoms in total. The van der Waals surface area contributed by atoms with Crippen LogP contribution in [0.15, 0.2) is 24.3 Å². The van der Waals surface area contributed by atoms with Gasteiger partial charge in [0.05, 0.1) is 17.0 Å². The van der Waals surface area contributed by atoms with Crippen LogP contribution in [0.25, 0.3) is 0 Å². The lowest BCUT2D eigenvalue weighted by Crippen LogP contribution is -2.50. The van der Waals surface area contributed by atoms with E-state index in [0.717, 1.165) is 0 Å². The van der Waals surface area contributed by atoms with E-state index >= 15 is 0 Å². The third-order valence-corrected chi connectivity index (χ3v) is 3.14. The van der Waals surface area contributed by atoms with Crippen molar-refractivity contribution in [1.82, 2.24) is 4.90 Å². The van der Waals surface area contributed by atoms with E-state index in [0.29, 0.717) is 23.7 Å². The molecular weight excluding hydrogens is 242 g/mol. The highest BCUT2D eigenvalue weighted by Crippen LogP contribution is 2.24. The van der Waals surface area contributed by atoms with E-state index in [1.54, 1.807) is 29.2 Å². The monoisotopic (exact) mass is 253 g/mol. The van der Waals surface area contributed by atoms with E-state index in [9.17, 15) is 9.59 Å². The molecule has 0 saturated carbocycles. The Balaban J connectivity index is 1.96. The van der Waals surface area contributed by atoms with E-state index in [4.69, 9.17) is 16.7 Å². The zero-order valence-electron chi connectivity index (χ0n) is 9.10. The van der Waals surface area contributed by atoms with Gasteiger partial charge >= 0.3 is 5.97 Å². The molecule has 0 spiro atoms. The van der Waals surface area contributed by atoms with E-state index in [1.807, 2.05) is 0 Å². The average molecular weight is 254 g/mol. The van der Waals surface area contributed by atoms with E-state index in [2.05, 4.69) is 0 Å². The van der Waals surface area contributed by atoms with Gasteiger partial charge in [0.2, 0.25) is 0 Å². The van der Waals surface area contributed by atoms with Crippen LogP contribution in [0, 0.1) is 5.92 Å². The predicted molar refractivity (Wildman–Crippen MR) is 63.1 cm³/mol. The lowest BCUT2D eigenvalue weighted by atomic mass is 9.95. The number of benzene rings is 1. The fourth-order valence-electron chi connectivity index (χ4n) is 1.92. The van der Waals surface area contributed by atoms with Crippen LogP contribution in [-0.2, 0) is 4.79 Å². The maximum Gasteiger partial charge on any atom is 0.303 e. The molecule has 1 fully saturated rings. The van der Waals surface area contributed by atoms with Crippen LogP contribution in [0.3, 0.4) is 0 Å². The van der Waals surface area contributed by atoms with Gasteiger partial charge in [-0.05, 0) is 12.1 Å². The topological polar surface area (TPSA) is 57.6 Å². The van der Waals surface area contributed by atoms with Crippen LogP contribution in [0.4, 0.5) is 0 Å². The first-order valence-electron chi connectivity index (χ1n) is 5.33. The minimum Gasteiger partial charge on any atom is -0.481 e. The largest absolute Gasteiger partial charge is 0.481 e. The highest BCUT2D eigenvalue weighted by Gasteiger charge is 2.33. The number of hydrogen-bond donors (Lipinski definition) is 1. The van der Waals surface area contributed by atoms with Gasteiger partial charge in [-0.25, -0.2) is 0 Å². The molecule has 17 heavy (non-hydrogen) atoms. The van der Waals surface area contributed by atoms with Gasteiger partial charge in [-0.15, -0.1) is 0 Å². The van der Waals surface area contributed by atoms with Crippen LogP contribution in [0.1, 0.15) is 16.8 Å². The number of carbonyl (C=O) groups is 2. The third-order valence-electron chi connectivity index (χ3n) is 2.81. The number of aliphatic carboxylic acids is 1. The van der Waals surface area contributed by atoms with Gasteiger partial charge in [0, 0.05) is 19.0 Å². The number of carboxylic acids is 1. The first-order valence-corrected chi connectivity index (χ1v) is 5.71. The summed E-state index contributed by atoms with van der Waals surface area (Å²) in [6.45, 7) is 0.993. The summed E-state index contributed by atoms with van der Waals surface area (Å²) in [6.07, 6.45) is 0.117. The first-order chi connectivity index (χ1) is 8.08. The fourth-order valence-corrected chi connectivity index (χ4v) is 2.13. The lowest BCUT2D eigenvalue weighted by Gasteiger charge is -2.38. The minimum atomic E-state index is -0.820. The Labute approximate surface area is 104 Å². The zero-order valence-corrected chi connectivity index (χ0v) is 9.85. The van der Waals surface area contributed by atoms with Crippen LogP contribution in [0.5, 0.6) is 0 Å². The number of halogens is 1. The second kappa shape index (κ2) is 4.75. The molecule has 2 rings (SSSR count). The molecule has 1 aromatic carbocycles. The molecule has 0 atom stereocenters. The molecule has 0 aromatic heterocycles. The molecule has 1 heterocycles. The standard InChI is InChI=1S/C12H12ClNO3/c13-10-4-2-1-3-9(10)12(17)14-6-8(7-14)5-11(15)16/h1-4,8H,5-7H2,(H,15,16). The molecular formula is C12H12ClNO3. The van der Waals surface area contributed by atoms with Crippen molar-refractivity contribution in [1.29, 1.82) is 0 Å². The summed E-state index contributed by atoms with van der Waals surface area (Å²) in [6, 6.07) is 6.87. The summed E-state index contributed by atoms with van der Waals surface area (Å²) < 4.78 is 0. The molecule has 1 aliphatic rings. The van der Waals surface area contributed by atoms with Gasteiger partial charge in [-0.1, -0.05) is 23.7 Å². The Morgan fingerprint density at radius 3 is 2.59 bits per heavy atom. The van der Waals surface area contributed by atoms with E-state index in [1.165, 1.54) is 0 Å². The minimum absolute atomic E-state index is 0.0685. The summed E-state index contributed by atoms with van der Waals surface area (Å²) in [5, 5.41) is 9.04. The van der Waals surface area contributed by atoms with Gasteiger partial charge in [0.1, 0.15) is 0 Å². The SMILES string of the molecule is O=C(O)CC1CN(C(=O)c2ccccc2Cl)C1. The van der Waals surface area contributed by atoms with Gasteiger partial charge in [-0.3, -0.25) is 9.59 Å². The summed E-state index contributed by atoms with van der Waals surface area (Å²) in [7, 11) is 0. The van der Waals surface area contributed by atoms with Crippen LogP contribution < -0.4 is 0 Å². The van der Waals surface area contributed by atoms with E-state index < -0.39 is 5.97 Å². The average Bonchev–Trinajstić information content (AvgIpc) is 2.22. The molecule has 1 amide bonds. The fraction of sp³-hybridized carbons (Fsp3) is 0.333. The number of nitrogens with zero attached hydrogens (tertiary/aromatic N) is 1. The summed E-state index contributed by atoms with van der Waals surface area (Å²) >= 11 is 5.92. The Kier molecular flexibility index (Phi) is 3.33. The number of carboxylic acid groups (broad SMARTS) is 1. The molecule has 0 unspecified atom stereocenters. The highest BCUT2D eigenvalue weighted by atomic mass is 35.5. The summed E-state index contributed by atoms with van der Waals surface area (Å²) in [5.74, 6) is -0.879. The number of likely N-dealkylation sites (tertiary alicyclic amines) is 1. The van der Waals surface area contributed by atoms with Gasteiger partial charge in [-0.2, -0.15) is 0 Å². The smallest absolute Gasteiger partial charge is 0.303 e. The quantitative estimate of drug-likeness (QED) is 0.895. The van der Waals surface area contributed by atoms with Crippen LogP contribution >= 0.6 is 11.6 Å². The van der Waals surface area contributed by atoms with Gasteiger partial charge < -0.3 is 10.0 Å². The second-order valence-electron chi connectivity index (χ2n) is 4.15. The van der Waals surface area contributed by atoms with Crippen molar-refractivity contribution in [2.45, 2.75) is 6.42 Å². The second-order valence-corrected chi connectivity index (χ2v) is 4.56. The Hall–Kier alpha value is -1.55. The molecule has 0 bridgehead atoms. The molecule has 1 saturated heterocycles. The van der Waals surface area contributed by atoms with Crippen molar-refractivity contribution in [2.75, 3.05) is 13.1 Å². The third kappa shape index (κ3) is 2.58. The van der Waals surface area contributed by atoms with Crippen molar-refractivity contribution >= 4 is 23.5 Å². The maximum absolute atomic E-state index is 12.0.